The van der Waals surface area contributed by atoms with Crippen molar-refractivity contribution in [3.63, 3.8) is 0 Å². The maximum Gasteiger partial charge on any atom is 0.0387 e. The Hall–Kier alpha value is 0.390. The zero-order valence-corrected chi connectivity index (χ0v) is 17.8. The summed E-state index contributed by atoms with van der Waals surface area (Å²) in [5, 5.41) is 4.50. The van der Waals surface area contributed by atoms with Gasteiger partial charge in [0.1, 0.15) is 0 Å². The van der Waals surface area contributed by atoms with Gasteiger partial charge in [-0.15, -0.1) is 8.58 Å². The van der Waals surface area contributed by atoms with Gasteiger partial charge in [-0.25, -0.2) is 0 Å². The second-order valence-corrected chi connectivity index (χ2v) is 12.8. The Labute approximate surface area is 141 Å². The molecule has 1 unspecified atom stereocenters. The van der Waals surface area contributed by atoms with Crippen molar-refractivity contribution < 1.29 is 0 Å². The lowest BCUT2D eigenvalue weighted by Crippen LogP contribution is -2.86. The maximum absolute atomic E-state index is 4.19. The van der Waals surface area contributed by atoms with E-state index in [0.717, 1.165) is 8.58 Å². The van der Waals surface area contributed by atoms with Crippen molar-refractivity contribution in [1.82, 2.24) is 5.32 Å². The number of rotatable bonds is 0. The quantitative estimate of drug-likeness (QED) is 0.565. The van der Waals surface area contributed by atoms with Gasteiger partial charge >= 0.3 is 0 Å². The first kappa shape index (κ1) is 18.7. The van der Waals surface area contributed by atoms with Gasteiger partial charge in [0.25, 0.3) is 0 Å². The summed E-state index contributed by atoms with van der Waals surface area (Å²) >= 11 is 0. The molecule has 1 heterocycles. The van der Waals surface area contributed by atoms with E-state index in [2.05, 4.69) is 74.6 Å². The average molecular weight is 326 g/mol. The molecule has 1 atom stereocenters. The molecule has 1 spiro atoms. The van der Waals surface area contributed by atoms with E-state index >= 15 is 0 Å². The lowest BCUT2D eigenvalue weighted by Gasteiger charge is -2.79. The predicted molar refractivity (Wildman–Crippen MR) is 102 cm³/mol. The van der Waals surface area contributed by atoms with Crippen LogP contribution in [0, 0.1) is 21.7 Å². The van der Waals surface area contributed by atoms with Crippen molar-refractivity contribution in [3.8, 4) is 0 Å². The summed E-state index contributed by atoms with van der Waals surface area (Å²) in [6.07, 6.45) is 4.04. The highest BCUT2D eigenvalue weighted by Gasteiger charge is 2.77. The summed E-state index contributed by atoms with van der Waals surface area (Å²) in [6, 6.07) is 0. The van der Waals surface area contributed by atoms with E-state index in [4.69, 9.17) is 0 Å². The molecular weight excluding hydrogens is 285 g/mol. The van der Waals surface area contributed by atoms with Crippen LogP contribution in [0.1, 0.15) is 82.1 Å². The van der Waals surface area contributed by atoms with E-state index in [-0.39, 0.29) is 16.4 Å². The van der Waals surface area contributed by atoms with Gasteiger partial charge < -0.3 is 5.32 Å². The van der Waals surface area contributed by atoms with Gasteiger partial charge in [-0.05, 0) is 47.2 Å². The van der Waals surface area contributed by atoms with Gasteiger partial charge in [0.05, 0.1) is 0 Å². The van der Waals surface area contributed by atoms with Crippen LogP contribution < -0.4 is 5.32 Å². The summed E-state index contributed by atoms with van der Waals surface area (Å²) < 4.78 is 0. The Morgan fingerprint density at radius 1 is 0.818 bits per heavy atom. The van der Waals surface area contributed by atoms with Crippen molar-refractivity contribution in [1.29, 1.82) is 0 Å². The van der Waals surface area contributed by atoms with Gasteiger partial charge in [0, 0.05) is 10.7 Å². The highest BCUT2D eigenvalue weighted by Crippen LogP contribution is 2.76. The van der Waals surface area contributed by atoms with Crippen LogP contribution in [-0.4, -0.2) is 23.4 Å². The molecule has 0 aromatic carbocycles. The highest BCUT2D eigenvalue weighted by molar-refractivity contribution is 7.40. The second-order valence-electron chi connectivity index (χ2n) is 11.2. The minimum Gasteiger partial charge on any atom is -0.309 e. The Balaban J connectivity index is 2.82. The molecule has 0 bridgehead atoms. The zero-order chi connectivity index (χ0) is 17.2. The molecule has 2 rings (SSSR count). The second kappa shape index (κ2) is 4.95. The molecule has 1 saturated carbocycles. The molecule has 1 nitrogen and oxygen atoms in total. The molecule has 1 N–H and O–H groups in total. The van der Waals surface area contributed by atoms with E-state index in [1.165, 1.54) is 25.5 Å². The van der Waals surface area contributed by atoms with Crippen LogP contribution in [-0.2, 0) is 0 Å². The fourth-order valence-corrected chi connectivity index (χ4v) is 10.2. The maximum atomic E-state index is 4.19. The smallest absolute Gasteiger partial charge is 0.0387 e. The Bertz CT molecular complexity index is 406. The van der Waals surface area contributed by atoms with Gasteiger partial charge in [-0.1, -0.05) is 69.2 Å². The standard InChI is InChI=1S/C20H40NP/c1-15(2,3)20(16(4,5)6)19(21-12-11-13-22-20)17(7,8)14-18(19,9)10/h21-22H,11-14H2,1-10H3. The summed E-state index contributed by atoms with van der Waals surface area (Å²) in [4.78, 5) is 0. The van der Waals surface area contributed by atoms with Gasteiger partial charge in [-0.2, -0.15) is 0 Å². The molecule has 1 saturated heterocycles. The Morgan fingerprint density at radius 3 is 1.64 bits per heavy atom. The molecular formula is C20H40NP. The van der Waals surface area contributed by atoms with E-state index in [9.17, 15) is 0 Å². The molecule has 1 aliphatic heterocycles. The lowest BCUT2D eigenvalue weighted by atomic mass is 9.34. The molecule has 0 amide bonds. The van der Waals surface area contributed by atoms with E-state index in [1.54, 1.807) is 0 Å². The van der Waals surface area contributed by atoms with Gasteiger partial charge in [0.15, 0.2) is 0 Å². The van der Waals surface area contributed by atoms with Crippen molar-refractivity contribution in [2.24, 2.45) is 21.7 Å². The first-order chi connectivity index (χ1) is 9.66. The largest absolute Gasteiger partial charge is 0.309 e. The summed E-state index contributed by atoms with van der Waals surface area (Å²) in [7, 11) is 1.04. The van der Waals surface area contributed by atoms with Crippen molar-refractivity contribution in [3.05, 3.63) is 0 Å². The molecule has 0 aromatic heterocycles. The first-order valence-corrected chi connectivity index (χ1v) is 10.4. The van der Waals surface area contributed by atoms with Crippen LogP contribution in [0.15, 0.2) is 0 Å². The topological polar surface area (TPSA) is 12.0 Å². The van der Waals surface area contributed by atoms with Crippen molar-refractivity contribution in [2.75, 3.05) is 12.7 Å². The molecule has 0 aromatic rings. The monoisotopic (exact) mass is 325 g/mol. The van der Waals surface area contributed by atoms with E-state index < -0.39 is 0 Å². The third-order valence-corrected chi connectivity index (χ3v) is 9.87. The number of hydrogen-bond acceptors (Lipinski definition) is 1. The van der Waals surface area contributed by atoms with Crippen LogP contribution in [0.4, 0.5) is 0 Å². The fraction of sp³-hybridized carbons (Fsp3) is 1.00. The Morgan fingerprint density at radius 2 is 1.27 bits per heavy atom. The molecule has 22 heavy (non-hydrogen) atoms. The molecule has 0 radical (unpaired) electrons. The average Bonchev–Trinajstić information content (AvgIpc) is 2.46. The predicted octanol–water partition coefficient (Wildman–Crippen LogP) is 5.68. The van der Waals surface area contributed by atoms with E-state index in [0.29, 0.717) is 16.0 Å². The molecule has 1 aliphatic carbocycles. The minimum absolute atomic E-state index is 0.221. The third kappa shape index (κ3) is 2.03. The highest BCUT2D eigenvalue weighted by atomic mass is 31.1. The molecule has 2 fully saturated rings. The van der Waals surface area contributed by atoms with Crippen LogP contribution in [0.25, 0.3) is 0 Å². The first-order valence-electron chi connectivity index (χ1n) is 9.16. The number of nitrogens with one attached hydrogen (secondary N) is 1. The zero-order valence-electron chi connectivity index (χ0n) is 16.8. The van der Waals surface area contributed by atoms with Crippen molar-refractivity contribution in [2.45, 2.75) is 92.8 Å². The lowest BCUT2D eigenvalue weighted by molar-refractivity contribution is -0.195. The van der Waals surface area contributed by atoms with Gasteiger partial charge in [0.2, 0.25) is 0 Å². The summed E-state index contributed by atoms with van der Waals surface area (Å²) in [6.45, 7) is 26.3. The normalized spacial score (nSPS) is 30.8. The van der Waals surface area contributed by atoms with Crippen LogP contribution >= 0.6 is 8.58 Å². The summed E-state index contributed by atoms with van der Waals surface area (Å²) in [5.74, 6) is 0. The Kier molecular flexibility index (Phi) is 4.21. The van der Waals surface area contributed by atoms with Crippen LogP contribution in [0.2, 0.25) is 0 Å². The van der Waals surface area contributed by atoms with Crippen LogP contribution in [0.3, 0.4) is 0 Å². The molecule has 2 heteroatoms. The van der Waals surface area contributed by atoms with E-state index in [1.807, 2.05) is 0 Å². The molecule has 130 valence electrons. The SMILES string of the molecule is CC(C)(C)C1(C(C)(C)C)PCCCNC12C(C)(C)CC2(C)C. The van der Waals surface area contributed by atoms with Crippen LogP contribution in [0.5, 0.6) is 0 Å². The fourth-order valence-electron chi connectivity index (χ4n) is 7.36. The third-order valence-electron chi connectivity index (χ3n) is 6.86. The summed E-state index contributed by atoms with van der Waals surface area (Å²) in [5.41, 5.74) is 1.51. The number of hydrogen-bond donors (Lipinski definition) is 1. The minimum atomic E-state index is 0.221. The molecule has 2 aliphatic rings. The van der Waals surface area contributed by atoms with Crippen molar-refractivity contribution >= 4 is 8.58 Å². The van der Waals surface area contributed by atoms with Gasteiger partial charge in [-0.3, -0.25) is 0 Å².